The molecule has 0 unspecified atom stereocenters. The number of carbonyl (C=O) groups is 1. The van der Waals surface area contributed by atoms with Crippen molar-refractivity contribution >= 4 is 33.8 Å². The summed E-state index contributed by atoms with van der Waals surface area (Å²) in [5.41, 5.74) is 0. The lowest BCUT2D eigenvalue weighted by Crippen LogP contribution is -2.11. The third-order valence-electron chi connectivity index (χ3n) is 1.17. The van der Waals surface area contributed by atoms with Crippen molar-refractivity contribution in [1.29, 1.82) is 0 Å². The molecule has 1 rings (SSSR count). The predicted octanol–water partition coefficient (Wildman–Crippen LogP) is 1.72. The quantitative estimate of drug-likeness (QED) is 0.790. The molecule has 0 saturated heterocycles. The van der Waals surface area contributed by atoms with Gasteiger partial charge in [-0.1, -0.05) is 11.6 Å². The van der Waals surface area contributed by atoms with Crippen LogP contribution in [0.25, 0.3) is 0 Å². The maximum Gasteiger partial charge on any atom is 0.227 e. The van der Waals surface area contributed by atoms with Gasteiger partial charge in [-0.3, -0.25) is 4.79 Å². The van der Waals surface area contributed by atoms with Gasteiger partial charge in [0, 0.05) is 0 Å². The number of aliphatic hydroxyl groups is 1. The summed E-state index contributed by atoms with van der Waals surface area (Å²) in [7, 11) is 0. The number of nitrogens with one attached hydrogen (secondary N) is 1. The third kappa shape index (κ3) is 2.81. The fourth-order valence-electron chi connectivity index (χ4n) is 0.683. The lowest BCUT2D eigenvalue weighted by molar-refractivity contribution is -0.116. The maximum absolute atomic E-state index is 10.9. The molecule has 1 aromatic heterocycles. The average Bonchev–Trinajstić information content (AvgIpc) is 2.36. The van der Waals surface area contributed by atoms with E-state index < -0.39 is 0 Å². The molecule has 0 saturated carbocycles. The SMILES string of the molecule is O=C(CCO)Nc1ccc(Cl)s1. The highest BCUT2D eigenvalue weighted by Crippen LogP contribution is 2.25. The van der Waals surface area contributed by atoms with Crippen LogP contribution in [-0.2, 0) is 4.79 Å². The van der Waals surface area contributed by atoms with Crippen LogP contribution in [-0.4, -0.2) is 17.6 Å². The molecule has 66 valence electrons. The normalized spacial score (nSPS) is 9.83. The molecule has 1 amide bonds. The molecule has 0 atom stereocenters. The van der Waals surface area contributed by atoms with E-state index in [0.717, 1.165) is 0 Å². The molecule has 0 bridgehead atoms. The lowest BCUT2D eigenvalue weighted by Gasteiger charge is -1.98. The molecule has 5 heteroatoms. The Morgan fingerprint density at radius 3 is 2.92 bits per heavy atom. The average molecular weight is 206 g/mol. The minimum atomic E-state index is -0.198. The smallest absolute Gasteiger partial charge is 0.227 e. The van der Waals surface area contributed by atoms with Gasteiger partial charge >= 0.3 is 0 Å². The van der Waals surface area contributed by atoms with Gasteiger partial charge in [0.15, 0.2) is 0 Å². The molecule has 0 aromatic carbocycles. The summed E-state index contributed by atoms with van der Waals surface area (Å²) in [6, 6.07) is 3.43. The highest BCUT2D eigenvalue weighted by Gasteiger charge is 2.02. The van der Waals surface area contributed by atoms with Crippen LogP contribution >= 0.6 is 22.9 Å². The third-order valence-corrected chi connectivity index (χ3v) is 2.32. The van der Waals surface area contributed by atoms with Gasteiger partial charge in [-0.15, -0.1) is 11.3 Å². The van der Waals surface area contributed by atoms with E-state index in [9.17, 15) is 4.79 Å². The summed E-state index contributed by atoms with van der Waals surface area (Å²) < 4.78 is 0.634. The molecular weight excluding hydrogens is 198 g/mol. The van der Waals surface area contributed by atoms with Gasteiger partial charge in [0.2, 0.25) is 5.91 Å². The van der Waals surface area contributed by atoms with Crippen molar-refractivity contribution in [3.8, 4) is 0 Å². The predicted molar refractivity (Wildman–Crippen MR) is 49.7 cm³/mol. The Morgan fingerprint density at radius 2 is 2.42 bits per heavy atom. The number of hydrogen-bond acceptors (Lipinski definition) is 3. The molecule has 3 nitrogen and oxygen atoms in total. The van der Waals surface area contributed by atoms with Gasteiger partial charge in [-0.05, 0) is 12.1 Å². The number of amides is 1. The van der Waals surface area contributed by atoms with E-state index in [4.69, 9.17) is 16.7 Å². The van der Waals surface area contributed by atoms with E-state index >= 15 is 0 Å². The second-order valence-corrected chi connectivity index (χ2v) is 3.84. The molecule has 0 fully saturated rings. The van der Waals surface area contributed by atoms with Crippen molar-refractivity contribution in [3.05, 3.63) is 16.5 Å². The summed E-state index contributed by atoms with van der Waals surface area (Å²) >= 11 is 6.93. The van der Waals surface area contributed by atoms with Crippen LogP contribution < -0.4 is 5.32 Å². The number of thiophene rings is 1. The van der Waals surface area contributed by atoms with E-state index in [2.05, 4.69) is 5.32 Å². The summed E-state index contributed by atoms with van der Waals surface area (Å²) in [5.74, 6) is -0.198. The van der Waals surface area contributed by atoms with Gasteiger partial charge in [-0.25, -0.2) is 0 Å². The Bertz CT molecular complexity index is 274. The second kappa shape index (κ2) is 4.45. The van der Waals surface area contributed by atoms with Crippen molar-refractivity contribution in [1.82, 2.24) is 0 Å². The van der Waals surface area contributed by atoms with Crippen LogP contribution in [0.4, 0.5) is 5.00 Å². The molecule has 0 aliphatic heterocycles. The summed E-state index contributed by atoms with van der Waals surface area (Å²) in [4.78, 5) is 10.9. The highest BCUT2D eigenvalue weighted by molar-refractivity contribution is 7.20. The van der Waals surface area contributed by atoms with Crippen LogP contribution in [0.2, 0.25) is 4.34 Å². The molecule has 12 heavy (non-hydrogen) atoms. The highest BCUT2D eigenvalue weighted by atomic mass is 35.5. The van der Waals surface area contributed by atoms with Crippen LogP contribution in [0.5, 0.6) is 0 Å². The molecule has 0 radical (unpaired) electrons. The Labute approximate surface area is 79.0 Å². The van der Waals surface area contributed by atoms with Crippen molar-refractivity contribution in [2.45, 2.75) is 6.42 Å². The zero-order chi connectivity index (χ0) is 8.97. The first-order valence-electron chi connectivity index (χ1n) is 3.38. The van der Waals surface area contributed by atoms with Crippen LogP contribution in [0.3, 0.4) is 0 Å². The zero-order valence-corrected chi connectivity index (χ0v) is 7.78. The topological polar surface area (TPSA) is 49.3 Å². The van der Waals surface area contributed by atoms with Crippen LogP contribution in [0, 0.1) is 0 Å². The fourth-order valence-corrected chi connectivity index (χ4v) is 1.64. The molecule has 1 heterocycles. The first kappa shape index (κ1) is 9.51. The van der Waals surface area contributed by atoms with Crippen LogP contribution in [0.15, 0.2) is 12.1 Å². The van der Waals surface area contributed by atoms with E-state index in [1.54, 1.807) is 12.1 Å². The fraction of sp³-hybridized carbons (Fsp3) is 0.286. The summed E-state index contributed by atoms with van der Waals surface area (Å²) in [5, 5.41) is 11.7. The molecule has 1 aromatic rings. The number of rotatable bonds is 3. The Kier molecular flexibility index (Phi) is 3.52. The van der Waals surface area contributed by atoms with Crippen molar-refractivity contribution < 1.29 is 9.90 Å². The van der Waals surface area contributed by atoms with Gasteiger partial charge in [0.1, 0.15) is 0 Å². The van der Waals surface area contributed by atoms with Crippen LogP contribution in [0.1, 0.15) is 6.42 Å². The monoisotopic (exact) mass is 205 g/mol. The minimum absolute atomic E-state index is 0.121. The second-order valence-electron chi connectivity index (χ2n) is 2.13. The van der Waals surface area contributed by atoms with E-state index in [0.29, 0.717) is 9.34 Å². The first-order valence-corrected chi connectivity index (χ1v) is 4.58. The van der Waals surface area contributed by atoms with Gasteiger partial charge in [0.05, 0.1) is 22.4 Å². The number of hydrogen-bond donors (Lipinski definition) is 2. The Hall–Kier alpha value is -0.580. The van der Waals surface area contributed by atoms with E-state index in [1.807, 2.05) is 0 Å². The number of anilines is 1. The Balaban J connectivity index is 2.46. The van der Waals surface area contributed by atoms with Crippen molar-refractivity contribution in [3.63, 3.8) is 0 Å². The molecule has 0 aliphatic carbocycles. The Morgan fingerprint density at radius 1 is 1.67 bits per heavy atom. The molecule has 0 spiro atoms. The van der Waals surface area contributed by atoms with Crippen molar-refractivity contribution in [2.24, 2.45) is 0 Å². The van der Waals surface area contributed by atoms with Gasteiger partial charge in [-0.2, -0.15) is 0 Å². The number of halogens is 1. The number of aliphatic hydroxyl groups excluding tert-OH is 1. The zero-order valence-electron chi connectivity index (χ0n) is 6.21. The van der Waals surface area contributed by atoms with Gasteiger partial charge in [0.25, 0.3) is 0 Å². The van der Waals surface area contributed by atoms with Gasteiger partial charge < -0.3 is 10.4 Å². The number of carbonyl (C=O) groups excluding carboxylic acids is 1. The minimum Gasteiger partial charge on any atom is -0.396 e. The maximum atomic E-state index is 10.9. The standard InChI is InChI=1S/C7H8ClNO2S/c8-5-1-2-7(12-5)9-6(11)3-4-10/h1-2,10H,3-4H2,(H,9,11). The van der Waals surface area contributed by atoms with Crippen molar-refractivity contribution in [2.75, 3.05) is 11.9 Å². The molecule has 2 N–H and O–H groups in total. The summed E-state index contributed by atoms with van der Waals surface area (Å²) in [6.45, 7) is -0.134. The molecular formula is C7H8ClNO2S. The lowest BCUT2D eigenvalue weighted by atomic mass is 10.4. The van der Waals surface area contributed by atoms with E-state index in [-0.39, 0.29) is 18.9 Å². The first-order chi connectivity index (χ1) is 5.72. The largest absolute Gasteiger partial charge is 0.396 e. The molecule has 0 aliphatic rings. The van der Waals surface area contributed by atoms with E-state index in [1.165, 1.54) is 11.3 Å². The summed E-state index contributed by atoms with van der Waals surface area (Å²) in [6.07, 6.45) is 0.121.